The summed E-state index contributed by atoms with van der Waals surface area (Å²) in [5, 5.41) is 0. The molecule has 1 aromatic carbocycles. The van der Waals surface area contributed by atoms with Gasteiger partial charge in [0.25, 0.3) is 0 Å². The lowest BCUT2D eigenvalue weighted by Crippen LogP contribution is -1.99. The fraction of sp³-hybridized carbons (Fsp3) is 0.0667. The van der Waals surface area contributed by atoms with Crippen molar-refractivity contribution in [2.75, 3.05) is 12.8 Å². The van der Waals surface area contributed by atoms with Crippen LogP contribution in [0.25, 0.3) is 16.9 Å². The molecular formula is C15H13BrN4O. The number of imidazole rings is 1. The molecule has 2 heterocycles. The number of hydrogen-bond donors (Lipinski definition) is 1. The van der Waals surface area contributed by atoms with Crippen molar-refractivity contribution < 1.29 is 4.74 Å². The van der Waals surface area contributed by atoms with E-state index < -0.39 is 0 Å². The van der Waals surface area contributed by atoms with Gasteiger partial charge in [-0.1, -0.05) is 15.9 Å². The molecule has 0 radical (unpaired) electrons. The second-order valence-electron chi connectivity index (χ2n) is 4.46. The molecule has 0 aliphatic rings. The van der Waals surface area contributed by atoms with Crippen molar-refractivity contribution in [3.63, 3.8) is 0 Å². The van der Waals surface area contributed by atoms with E-state index >= 15 is 0 Å². The Morgan fingerprint density at radius 3 is 2.81 bits per heavy atom. The van der Waals surface area contributed by atoms with Gasteiger partial charge in [-0.3, -0.25) is 9.55 Å². The Bertz CT molecular complexity index is 785. The number of ether oxygens (including phenoxy) is 1. The Morgan fingerprint density at radius 1 is 1.19 bits per heavy atom. The molecule has 5 nitrogen and oxygen atoms in total. The molecule has 2 aromatic heterocycles. The number of methoxy groups -OCH3 is 1. The third-order valence-electron chi connectivity index (χ3n) is 3.14. The quantitative estimate of drug-likeness (QED) is 0.791. The van der Waals surface area contributed by atoms with Gasteiger partial charge in [0.2, 0.25) is 0 Å². The van der Waals surface area contributed by atoms with Gasteiger partial charge < -0.3 is 10.5 Å². The lowest BCUT2D eigenvalue weighted by Gasteiger charge is -2.11. The predicted molar refractivity (Wildman–Crippen MR) is 85.5 cm³/mol. The zero-order valence-electron chi connectivity index (χ0n) is 11.3. The fourth-order valence-corrected chi connectivity index (χ4v) is 2.58. The number of hydrogen-bond acceptors (Lipinski definition) is 4. The van der Waals surface area contributed by atoms with Crippen LogP contribution in [0.1, 0.15) is 0 Å². The highest BCUT2D eigenvalue weighted by Crippen LogP contribution is 2.30. The third kappa shape index (κ3) is 2.62. The van der Waals surface area contributed by atoms with Gasteiger partial charge in [-0.2, -0.15) is 0 Å². The summed E-state index contributed by atoms with van der Waals surface area (Å²) in [5.41, 5.74) is 9.34. The Hall–Kier alpha value is -2.34. The van der Waals surface area contributed by atoms with Crippen LogP contribution in [0, 0.1) is 0 Å². The number of nitrogen functional groups attached to an aromatic ring is 1. The van der Waals surface area contributed by atoms with Crippen LogP contribution >= 0.6 is 15.9 Å². The van der Waals surface area contributed by atoms with E-state index in [1.807, 2.05) is 22.8 Å². The maximum atomic E-state index is 6.03. The predicted octanol–water partition coefficient (Wildman–Crippen LogP) is 3.29. The summed E-state index contributed by atoms with van der Waals surface area (Å²) in [4.78, 5) is 8.36. The topological polar surface area (TPSA) is 66.0 Å². The van der Waals surface area contributed by atoms with Gasteiger partial charge >= 0.3 is 0 Å². The maximum absolute atomic E-state index is 6.03. The molecule has 0 amide bonds. The average molecular weight is 345 g/mol. The Balaban J connectivity index is 2.16. The minimum atomic E-state index is 0.661. The number of nitrogens with two attached hydrogens (primary N) is 1. The molecule has 6 heteroatoms. The summed E-state index contributed by atoms with van der Waals surface area (Å²) in [6, 6.07) is 7.59. The van der Waals surface area contributed by atoms with Crippen molar-refractivity contribution in [2.24, 2.45) is 0 Å². The van der Waals surface area contributed by atoms with E-state index in [1.165, 1.54) is 0 Å². The van der Waals surface area contributed by atoms with E-state index in [9.17, 15) is 0 Å². The molecule has 2 N–H and O–H groups in total. The molecule has 3 rings (SSSR count). The molecule has 0 aliphatic carbocycles. The standard InChI is InChI=1S/C15H13BrN4O/c1-21-12-5-10(16)4-11(6-12)20-9-19-8-15(20)13-7-18-3-2-14(13)17/h2-9H,1H3,(H2,17,18). The second-order valence-corrected chi connectivity index (χ2v) is 5.38. The number of rotatable bonds is 3. The smallest absolute Gasteiger partial charge is 0.122 e. The number of pyridine rings is 1. The fourth-order valence-electron chi connectivity index (χ4n) is 2.12. The average Bonchev–Trinajstić information content (AvgIpc) is 2.96. The first kappa shape index (κ1) is 13.6. The van der Waals surface area contributed by atoms with Crippen molar-refractivity contribution in [3.8, 4) is 22.7 Å². The van der Waals surface area contributed by atoms with Gasteiger partial charge in [-0.15, -0.1) is 0 Å². The van der Waals surface area contributed by atoms with E-state index in [1.54, 1.807) is 38.1 Å². The van der Waals surface area contributed by atoms with Crippen LogP contribution in [0.4, 0.5) is 5.69 Å². The van der Waals surface area contributed by atoms with Crippen LogP contribution in [0.2, 0.25) is 0 Å². The van der Waals surface area contributed by atoms with Crippen molar-refractivity contribution >= 4 is 21.6 Å². The molecule has 0 bridgehead atoms. The van der Waals surface area contributed by atoms with Crippen molar-refractivity contribution in [3.05, 3.63) is 53.7 Å². The molecule has 0 atom stereocenters. The largest absolute Gasteiger partial charge is 0.497 e. The molecule has 0 unspecified atom stereocenters. The summed E-state index contributed by atoms with van der Waals surface area (Å²) in [7, 11) is 1.64. The zero-order chi connectivity index (χ0) is 14.8. The monoisotopic (exact) mass is 344 g/mol. The van der Waals surface area contributed by atoms with Crippen LogP contribution in [0.15, 0.2) is 53.7 Å². The summed E-state index contributed by atoms with van der Waals surface area (Å²) in [6.45, 7) is 0. The van der Waals surface area contributed by atoms with E-state index in [-0.39, 0.29) is 0 Å². The highest BCUT2D eigenvalue weighted by atomic mass is 79.9. The highest BCUT2D eigenvalue weighted by molar-refractivity contribution is 9.10. The number of halogens is 1. The van der Waals surface area contributed by atoms with Crippen molar-refractivity contribution in [2.45, 2.75) is 0 Å². The van der Waals surface area contributed by atoms with Gasteiger partial charge in [-0.25, -0.2) is 4.98 Å². The molecule has 21 heavy (non-hydrogen) atoms. The van der Waals surface area contributed by atoms with E-state index in [0.717, 1.165) is 27.2 Å². The molecule has 0 fully saturated rings. The Labute approximate surface area is 130 Å². The van der Waals surface area contributed by atoms with Gasteiger partial charge in [-0.05, 0) is 18.2 Å². The lowest BCUT2D eigenvalue weighted by molar-refractivity contribution is 0.414. The summed E-state index contributed by atoms with van der Waals surface area (Å²) in [6.07, 6.45) is 6.91. The zero-order valence-corrected chi connectivity index (χ0v) is 12.9. The minimum absolute atomic E-state index is 0.661. The van der Waals surface area contributed by atoms with E-state index in [4.69, 9.17) is 10.5 Å². The first-order valence-electron chi connectivity index (χ1n) is 6.26. The van der Waals surface area contributed by atoms with Gasteiger partial charge in [0.05, 0.1) is 31.0 Å². The van der Waals surface area contributed by atoms with E-state index in [0.29, 0.717) is 5.69 Å². The minimum Gasteiger partial charge on any atom is -0.497 e. The molecule has 0 saturated heterocycles. The van der Waals surface area contributed by atoms with Gasteiger partial charge in [0, 0.05) is 34.2 Å². The highest BCUT2D eigenvalue weighted by Gasteiger charge is 2.11. The molecule has 0 saturated carbocycles. The van der Waals surface area contributed by atoms with Gasteiger partial charge in [0.1, 0.15) is 5.75 Å². The summed E-state index contributed by atoms with van der Waals surface area (Å²) in [5.74, 6) is 0.762. The first-order chi connectivity index (χ1) is 10.2. The van der Waals surface area contributed by atoms with E-state index in [2.05, 4.69) is 25.9 Å². The van der Waals surface area contributed by atoms with Crippen LogP contribution in [0.5, 0.6) is 5.75 Å². The van der Waals surface area contributed by atoms with Crippen LogP contribution < -0.4 is 10.5 Å². The van der Waals surface area contributed by atoms with Crippen LogP contribution in [-0.2, 0) is 0 Å². The Morgan fingerprint density at radius 2 is 2.05 bits per heavy atom. The molecule has 106 valence electrons. The lowest BCUT2D eigenvalue weighted by atomic mass is 10.2. The van der Waals surface area contributed by atoms with Gasteiger partial charge in [0.15, 0.2) is 0 Å². The van der Waals surface area contributed by atoms with Crippen LogP contribution in [0.3, 0.4) is 0 Å². The number of aromatic nitrogens is 3. The maximum Gasteiger partial charge on any atom is 0.122 e. The summed E-state index contributed by atoms with van der Waals surface area (Å²) < 4.78 is 8.17. The Kier molecular flexibility index (Phi) is 3.62. The first-order valence-corrected chi connectivity index (χ1v) is 7.05. The molecule has 0 spiro atoms. The van der Waals surface area contributed by atoms with Crippen molar-refractivity contribution in [1.82, 2.24) is 14.5 Å². The number of benzene rings is 1. The normalized spacial score (nSPS) is 10.6. The van der Waals surface area contributed by atoms with Crippen LogP contribution in [-0.4, -0.2) is 21.6 Å². The molecule has 0 aliphatic heterocycles. The second kappa shape index (κ2) is 5.57. The molecule has 3 aromatic rings. The molecular weight excluding hydrogens is 332 g/mol. The SMILES string of the molecule is COc1cc(Br)cc(-n2cncc2-c2cnccc2N)c1. The van der Waals surface area contributed by atoms with Crippen molar-refractivity contribution in [1.29, 1.82) is 0 Å². The third-order valence-corrected chi connectivity index (χ3v) is 3.60. The number of anilines is 1. The summed E-state index contributed by atoms with van der Waals surface area (Å²) >= 11 is 3.48. The number of nitrogens with zero attached hydrogens (tertiary/aromatic N) is 3.